The number of hydrogen-bond donors (Lipinski definition) is 1. The Morgan fingerprint density at radius 1 is 1.35 bits per heavy atom. The first-order chi connectivity index (χ1) is 9.47. The molecule has 1 aromatic heterocycles. The molecule has 1 heterocycles. The van der Waals surface area contributed by atoms with Crippen LogP contribution in [0.3, 0.4) is 0 Å². The van der Waals surface area contributed by atoms with Gasteiger partial charge in [-0.3, -0.25) is 19.9 Å². The SMILES string of the molecule is Cc1ccc(NC(=O)c2cc([N+](=O)[O-])ccc2I)cn1. The van der Waals surface area contributed by atoms with Gasteiger partial charge in [-0.2, -0.15) is 0 Å². The molecule has 0 unspecified atom stereocenters. The summed E-state index contributed by atoms with van der Waals surface area (Å²) in [5.41, 5.74) is 1.54. The lowest BCUT2D eigenvalue weighted by Crippen LogP contribution is -2.14. The van der Waals surface area contributed by atoms with Crippen LogP contribution < -0.4 is 5.32 Å². The molecule has 0 fully saturated rings. The van der Waals surface area contributed by atoms with Crippen molar-refractivity contribution in [2.24, 2.45) is 0 Å². The van der Waals surface area contributed by atoms with Crippen molar-refractivity contribution in [2.75, 3.05) is 5.32 Å². The molecular weight excluding hydrogens is 373 g/mol. The van der Waals surface area contributed by atoms with Crippen LogP contribution in [0.1, 0.15) is 16.1 Å². The fourth-order valence-corrected chi connectivity index (χ4v) is 2.12. The number of halogens is 1. The summed E-state index contributed by atoms with van der Waals surface area (Å²) in [6.45, 7) is 1.84. The number of non-ortho nitro benzene ring substituents is 1. The van der Waals surface area contributed by atoms with Crippen molar-refractivity contribution in [3.8, 4) is 0 Å². The number of rotatable bonds is 3. The second kappa shape index (κ2) is 5.95. The minimum Gasteiger partial charge on any atom is -0.321 e. The maximum Gasteiger partial charge on any atom is 0.270 e. The van der Waals surface area contributed by atoms with Gasteiger partial charge in [0.15, 0.2) is 0 Å². The van der Waals surface area contributed by atoms with Gasteiger partial charge in [-0.25, -0.2) is 0 Å². The lowest BCUT2D eigenvalue weighted by molar-refractivity contribution is -0.384. The van der Waals surface area contributed by atoms with Crippen LogP contribution in [0.25, 0.3) is 0 Å². The molecule has 0 radical (unpaired) electrons. The van der Waals surface area contributed by atoms with Gasteiger partial charge in [0.25, 0.3) is 11.6 Å². The molecular formula is C13H10IN3O3. The van der Waals surface area contributed by atoms with E-state index in [-0.39, 0.29) is 11.3 Å². The number of carbonyl (C=O) groups excluding carboxylic acids is 1. The average molecular weight is 383 g/mol. The smallest absolute Gasteiger partial charge is 0.270 e. The van der Waals surface area contributed by atoms with Crippen LogP contribution in [0.2, 0.25) is 0 Å². The molecule has 1 amide bonds. The molecule has 0 bridgehead atoms. The molecule has 0 saturated carbocycles. The lowest BCUT2D eigenvalue weighted by atomic mass is 10.2. The zero-order chi connectivity index (χ0) is 14.7. The summed E-state index contributed by atoms with van der Waals surface area (Å²) < 4.78 is 0.644. The Morgan fingerprint density at radius 3 is 2.70 bits per heavy atom. The molecule has 20 heavy (non-hydrogen) atoms. The number of nitro benzene ring substituents is 1. The average Bonchev–Trinajstić information content (AvgIpc) is 2.41. The zero-order valence-corrected chi connectivity index (χ0v) is 12.6. The van der Waals surface area contributed by atoms with Crippen LogP contribution in [0.5, 0.6) is 0 Å². The van der Waals surface area contributed by atoms with E-state index in [4.69, 9.17) is 0 Å². The predicted octanol–water partition coefficient (Wildman–Crippen LogP) is 3.16. The first kappa shape index (κ1) is 14.4. The summed E-state index contributed by atoms with van der Waals surface area (Å²) in [6.07, 6.45) is 1.54. The summed E-state index contributed by atoms with van der Waals surface area (Å²) in [6, 6.07) is 7.67. The molecule has 2 rings (SSSR count). The molecule has 6 nitrogen and oxygen atoms in total. The molecule has 0 spiro atoms. The van der Waals surface area contributed by atoms with Crippen LogP contribution in [0.15, 0.2) is 36.5 Å². The third kappa shape index (κ3) is 3.29. The van der Waals surface area contributed by atoms with E-state index in [0.717, 1.165) is 5.69 Å². The van der Waals surface area contributed by atoms with E-state index in [9.17, 15) is 14.9 Å². The first-order valence-electron chi connectivity index (χ1n) is 5.65. The van der Waals surface area contributed by atoms with Crippen molar-refractivity contribution in [3.05, 3.63) is 61.5 Å². The van der Waals surface area contributed by atoms with Crippen molar-refractivity contribution < 1.29 is 9.72 Å². The number of hydrogen-bond acceptors (Lipinski definition) is 4. The van der Waals surface area contributed by atoms with Gasteiger partial charge in [0.1, 0.15) is 0 Å². The maximum atomic E-state index is 12.1. The second-order valence-corrected chi connectivity index (χ2v) is 5.23. The number of anilines is 1. The lowest BCUT2D eigenvalue weighted by Gasteiger charge is -2.06. The van der Waals surface area contributed by atoms with Crippen molar-refractivity contribution >= 4 is 39.9 Å². The molecule has 1 N–H and O–H groups in total. The van der Waals surface area contributed by atoms with Crippen molar-refractivity contribution in [3.63, 3.8) is 0 Å². The highest BCUT2D eigenvalue weighted by molar-refractivity contribution is 14.1. The van der Waals surface area contributed by atoms with E-state index in [2.05, 4.69) is 10.3 Å². The standard InChI is InChI=1S/C13H10IN3O3/c1-8-2-3-9(7-15-8)16-13(18)11-6-10(17(19)20)4-5-12(11)14/h2-7H,1H3,(H,16,18). The maximum absolute atomic E-state index is 12.1. The molecule has 0 saturated heterocycles. The summed E-state index contributed by atoms with van der Waals surface area (Å²) in [7, 11) is 0. The number of pyridine rings is 1. The predicted molar refractivity (Wildman–Crippen MR) is 82.7 cm³/mol. The van der Waals surface area contributed by atoms with Crippen LogP contribution >= 0.6 is 22.6 Å². The number of aromatic nitrogens is 1. The van der Waals surface area contributed by atoms with Gasteiger partial charge in [-0.05, 0) is 47.7 Å². The molecule has 0 atom stereocenters. The number of nitrogens with one attached hydrogen (secondary N) is 1. The third-order valence-electron chi connectivity index (χ3n) is 2.57. The molecule has 2 aromatic rings. The molecule has 7 heteroatoms. The normalized spacial score (nSPS) is 10.1. The van der Waals surface area contributed by atoms with Crippen molar-refractivity contribution in [2.45, 2.75) is 6.92 Å². The Kier molecular flexibility index (Phi) is 4.28. The molecule has 0 aliphatic rings. The molecule has 0 aliphatic heterocycles. The topological polar surface area (TPSA) is 85.1 Å². The molecule has 0 aliphatic carbocycles. The van der Waals surface area contributed by atoms with E-state index in [1.165, 1.54) is 18.3 Å². The molecule has 1 aromatic carbocycles. The summed E-state index contributed by atoms with van der Waals surface area (Å²) in [5, 5.41) is 13.4. The van der Waals surface area contributed by atoms with Gasteiger partial charge in [0, 0.05) is 21.4 Å². The van der Waals surface area contributed by atoms with Gasteiger partial charge >= 0.3 is 0 Å². The van der Waals surface area contributed by atoms with Gasteiger partial charge in [-0.1, -0.05) is 0 Å². The highest BCUT2D eigenvalue weighted by Gasteiger charge is 2.15. The van der Waals surface area contributed by atoms with Gasteiger partial charge in [-0.15, -0.1) is 0 Å². The van der Waals surface area contributed by atoms with Gasteiger partial charge in [0.05, 0.1) is 22.4 Å². The largest absolute Gasteiger partial charge is 0.321 e. The van der Waals surface area contributed by atoms with Crippen molar-refractivity contribution in [1.82, 2.24) is 4.98 Å². The number of benzene rings is 1. The quantitative estimate of drug-likeness (QED) is 0.501. The van der Waals surface area contributed by atoms with Crippen LogP contribution in [-0.2, 0) is 0 Å². The highest BCUT2D eigenvalue weighted by atomic mass is 127. The van der Waals surface area contributed by atoms with Gasteiger partial charge in [0.2, 0.25) is 0 Å². The summed E-state index contributed by atoms with van der Waals surface area (Å²) in [5.74, 6) is -0.399. The van der Waals surface area contributed by atoms with E-state index >= 15 is 0 Å². The Labute approximate surface area is 128 Å². The highest BCUT2D eigenvalue weighted by Crippen LogP contribution is 2.20. The Bertz CT molecular complexity index is 671. The minimum absolute atomic E-state index is 0.113. The van der Waals surface area contributed by atoms with E-state index < -0.39 is 10.8 Å². The number of nitro groups is 1. The Hall–Kier alpha value is -2.03. The fourth-order valence-electron chi connectivity index (χ4n) is 1.54. The monoisotopic (exact) mass is 383 g/mol. The van der Waals surface area contributed by atoms with Crippen LogP contribution in [-0.4, -0.2) is 15.8 Å². The van der Waals surface area contributed by atoms with E-state index in [1.54, 1.807) is 18.2 Å². The number of amides is 1. The first-order valence-corrected chi connectivity index (χ1v) is 6.73. The van der Waals surface area contributed by atoms with Crippen molar-refractivity contribution in [1.29, 1.82) is 0 Å². The minimum atomic E-state index is -0.527. The zero-order valence-electron chi connectivity index (χ0n) is 10.5. The third-order valence-corrected chi connectivity index (χ3v) is 3.52. The second-order valence-electron chi connectivity index (χ2n) is 4.06. The van der Waals surface area contributed by atoms with E-state index in [0.29, 0.717) is 9.26 Å². The Balaban J connectivity index is 2.26. The fraction of sp³-hybridized carbons (Fsp3) is 0.0769. The molecule has 102 valence electrons. The van der Waals surface area contributed by atoms with E-state index in [1.807, 2.05) is 29.5 Å². The van der Waals surface area contributed by atoms with Crippen LogP contribution in [0, 0.1) is 20.6 Å². The van der Waals surface area contributed by atoms with Gasteiger partial charge < -0.3 is 5.32 Å². The summed E-state index contributed by atoms with van der Waals surface area (Å²) >= 11 is 1.96. The van der Waals surface area contributed by atoms with Crippen LogP contribution in [0.4, 0.5) is 11.4 Å². The number of carbonyl (C=O) groups is 1. The number of aryl methyl sites for hydroxylation is 1. The summed E-state index contributed by atoms with van der Waals surface area (Å²) in [4.78, 5) is 26.4. The Morgan fingerprint density at radius 2 is 2.10 bits per heavy atom. The number of nitrogens with zero attached hydrogens (tertiary/aromatic N) is 2.